The summed E-state index contributed by atoms with van der Waals surface area (Å²) in [5.41, 5.74) is 4.97. The number of hydrogen-bond donors (Lipinski definition) is 0. The molecule has 2 heteroatoms. The van der Waals surface area contributed by atoms with Crippen LogP contribution in [0.2, 0.25) is 0 Å². The van der Waals surface area contributed by atoms with Crippen molar-refractivity contribution in [2.24, 2.45) is 7.05 Å². The van der Waals surface area contributed by atoms with Gasteiger partial charge in [-0.25, -0.2) is 9.13 Å². The van der Waals surface area contributed by atoms with E-state index in [-0.39, 0.29) is 0 Å². The third-order valence-corrected chi connectivity index (χ3v) is 3.45. The van der Waals surface area contributed by atoms with Gasteiger partial charge in [-0.3, -0.25) is 0 Å². The van der Waals surface area contributed by atoms with Crippen LogP contribution < -0.4 is 4.57 Å². The van der Waals surface area contributed by atoms with Crippen LogP contribution in [0.1, 0.15) is 11.1 Å². The van der Waals surface area contributed by atoms with E-state index in [4.69, 9.17) is 0 Å². The Bertz CT molecular complexity index is 721. The van der Waals surface area contributed by atoms with Gasteiger partial charge in [0.2, 0.25) is 6.33 Å². The van der Waals surface area contributed by atoms with E-state index in [0.29, 0.717) is 0 Å². The first-order valence-electron chi connectivity index (χ1n) is 6.43. The number of aromatic nitrogens is 2. The quantitative estimate of drug-likeness (QED) is 0.630. The van der Waals surface area contributed by atoms with Gasteiger partial charge in [0.25, 0.3) is 0 Å². The zero-order valence-corrected chi connectivity index (χ0v) is 11.1. The Hall–Kier alpha value is -2.35. The molecule has 2 nitrogen and oxygen atoms in total. The smallest absolute Gasteiger partial charge is 0.233 e. The minimum atomic E-state index is 0.888. The molecule has 19 heavy (non-hydrogen) atoms. The normalized spacial score (nSPS) is 10.8. The summed E-state index contributed by atoms with van der Waals surface area (Å²) in [6, 6.07) is 17.0. The summed E-state index contributed by atoms with van der Waals surface area (Å²) < 4.78 is 4.44. The van der Waals surface area contributed by atoms with Gasteiger partial charge in [0.15, 0.2) is 11.0 Å². The standard InChI is InChI=1S/C17H17N2/c1-3-14-8-10-15(11-9-14)12-19-13-18(2)16-6-4-5-7-17(16)19/h3-11,13H,1,12H2,2H3/q+1. The zero-order chi connectivity index (χ0) is 13.2. The largest absolute Gasteiger partial charge is 0.244 e. The second-order valence-corrected chi connectivity index (χ2v) is 4.79. The Kier molecular flexibility index (Phi) is 2.92. The van der Waals surface area contributed by atoms with Crippen LogP contribution in [0, 0.1) is 0 Å². The average molecular weight is 249 g/mol. The molecule has 0 spiro atoms. The lowest BCUT2D eigenvalue weighted by Crippen LogP contribution is -2.32. The minimum absolute atomic E-state index is 0.888. The van der Waals surface area contributed by atoms with E-state index in [1.165, 1.54) is 16.6 Å². The van der Waals surface area contributed by atoms with E-state index in [0.717, 1.165) is 12.1 Å². The van der Waals surface area contributed by atoms with E-state index in [9.17, 15) is 0 Å². The number of aryl methyl sites for hydroxylation is 1. The molecule has 3 rings (SSSR count). The molecule has 0 amide bonds. The molecule has 0 aliphatic carbocycles. The van der Waals surface area contributed by atoms with Crippen molar-refractivity contribution in [3.05, 3.63) is 72.6 Å². The lowest BCUT2D eigenvalue weighted by atomic mass is 10.1. The van der Waals surface area contributed by atoms with Gasteiger partial charge < -0.3 is 0 Å². The van der Waals surface area contributed by atoms with Crippen molar-refractivity contribution in [2.45, 2.75) is 6.54 Å². The highest BCUT2D eigenvalue weighted by Gasteiger charge is 2.12. The number of para-hydroxylation sites is 2. The van der Waals surface area contributed by atoms with Crippen molar-refractivity contribution in [1.82, 2.24) is 4.57 Å². The third kappa shape index (κ3) is 2.17. The lowest BCUT2D eigenvalue weighted by molar-refractivity contribution is -0.663. The van der Waals surface area contributed by atoms with Crippen molar-refractivity contribution in [1.29, 1.82) is 0 Å². The number of hydrogen-bond acceptors (Lipinski definition) is 0. The van der Waals surface area contributed by atoms with Crippen LogP contribution in [-0.2, 0) is 13.6 Å². The second-order valence-electron chi connectivity index (χ2n) is 4.79. The lowest BCUT2D eigenvalue weighted by Gasteiger charge is -2.00. The molecule has 0 bridgehead atoms. The molecule has 1 heterocycles. The summed E-state index contributed by atoms with van der Waals surface area (Å²) in [6.07, 6.45) is 4.01. The molecular weight excluding hydrogens is 232 g/mol. The molecule has 0 fully saturated rings. The van der Waals surface area contributed by atoms with Gasteiger partial charge in [-0.05, 0) is 23.3 Å². The number of imidazole rings is 1. The number of benzene rings is 2. The van der Waals surface area contributed by atoms with Crippen LogP contribution in [0.4, 0.5) is 0 Å². The van der Waals surface area contributed by atoms with Crippen LogP contribution in [0.5, 0.6) is 0 Å². The maximum Gasteiger partial charge on any atom is 0.244 e. The molecular formula is C17H17N2+. The molecule has 0 aliphatic heterocycles. The molecule has 94 valence electrons. The molecule has 0 N–H and O–H groups in total. The third-order valence-electron chi connectivity index (χ3n) is 3.45. The fraction of sp³-hybridized carbons (Fsp3) is 0.118. The van der Waals surface area contributed by atoms with Crippen molar-refractivity contribution >= 4 is 17.1 Å². The van der Waals surface area contributed by atoms with Crippen LogP contribution in [0.15, 0.2) is 61.4 Å². The summed E-state index contributed by atoms with van der Waals surface area (Å²) in [6.45, 7) is 4.67. The Morgan fingerprint density at radius 1 is 1.11 bits per heavy atom. The van der Waals surface area contributed by atoms with Crippen LogP contribution in [-0.4, -0.2) is 4.57 Å². The highest BCUT2D eigenvalue weighted by atomic mass is 15.1. The highest BCUT2D eigenvalue weighted by molar-refractivity contribution is 5.71. The predicted molar refractivity (Wildman–Crippen MR) is 78.7 cm³/mol. The Morgan fingerprint density at radius 3 is 2.58 bits per heavy atom. The van der Waals surface area contributed by atoms with Crippen molar-refractivity contribution in [3.63, 3.8) is 0 Å². The van der Waals surface area contributed by atoms with Gasteiger partial charge >= 0.3 is 0 Å². The topological polar surface area (TPSA) is 8.81 Å². The molecule has 0 unspecified atom stereocenters. The first-order chi connectivity index (χ1) is 9.28. The molecule has 2 aromatic carbocycles. The SMILES string of the molecule is C=Cc1ccc(C[n+]2cn(C)c3ccccc32)cc1. The van der Waals surface area contributed by atoms with Crippen LogP contribution in [0.25, 0.3) is 17.1 Å². The fourth-order valence-corrected chi connectivity index (χ4v) is 2.42. The molecule has 1 aromatic heterocycles. The minimum Gasteiger partial charge on any atom is -0.233 e. The van der Waals surface area contributed by atoms with Crippen LogP contribution >= 0.6 is 0 Å². The van der Waals surface area contributed by atoms with Gasteiger partial charge in [0, 0.05) is 0 Å². The summed E-state index contributed by atoms with van der Waals surface area (Å²) in [5.74, 6) is 0. The van der Waals surface area contributed by atoms with Gasteiger partial charge in [-0.15, -0.1) is 0 Å². The molecule has 0 atom stereocenters. The number of fused-ring (bicyclic) bond motifs is 1. The van der Waals surface area contributed by atoms with E-state index in [2.05, 4.69) is 77.6 Å². The molecule has 0 aliphatic rings. The van der Waals surface area contributed by atoms with Gasteiger partial charge in [0.1, 0.15) is 6.54 Å². The molecule has 3 aromatic rings. The highest BCUT2D eigenvalue weighted by Crippen LogP contribution is 2.11. The van der Waals surface area contributed by atoms with E-state index >= 15 is 0 Å². The predicted octanol–water partition coefficient (Wildman–Crippen LogP) is 3.16. The molecule has 0 saturated heterocycles. The van der Waals surface area contributed by atoms with Crippen molar-refractivity contribution < 1.29 is 4.57 Å². The van der Waals surface area contributed by atoms with Gasteiger partial charge in [-0.2, -0.15) is 0 Å². The first-order valence-corrected chi connectivity index (χ1v) is 6.43. The Morgan fingerprint density at radius 2 is 1.84 bits per heavy atom. The molecule has 0 radical (unpaired) electrons. The van der Waals surface area contributed by atoms with Crippen LogP contribution in [0.3, 0.4) is 0 Å². The fourth-order valence-electron chi connectivity index (χ4n) is 2.42. The summed E-state index contributed by atoms with van der Waals surface area (Å²) >= 11 is 0. The van der Waals surface area contributed by atoms with Crippen molar-refractivity contribution in [2.75, 3.05) is 0 Å². The summed E-state index contributed by atoms with van der Waals surface area (Å²) in [4.78, 5) is 0. The molecule has 0 saturated carbocycles. The monoisotopic (exact) mass is 249 g/mol. The van der Waals surface area contributed by atoms with E-state index in [1.54, 1.807) is 0 Å². The maximum absolute atomic E-state index is 3.78. The van der Waals surface area contributed by atoms with Crippen molar-refractivity contribution in [3.8, 4) is 0 Å². The number of nitrogens with zero attached hydrogens (tertiary/aromatic N) is 2. The zero-order valence-electron chi connectivity index (χ0n) is 11.1. The Balaban J connectivity index is 1.98. The van der Waals surface area contributed by atoms with E-state index < -0.39 is 0 Å². The first kappa shape index (κ1) is 11.7. The average Bonchev–Trinajstić information content (AvgIpc) is 2.77. The van der Waals surface area contributed by atoms with E-state index in [1.807, 2.05) is 6.08 Å². The number of rotatable bonds is 3. The summed E-state index contributed by atoms with van der Waals surface area (Å²) in [5, 5.41) is 0. The van der Waals surface area contributed by atoms with Gasteiger partial charge in [0.05, 0.1) is 7.05 Å². The summed E-state index contributed by atoms with van der Waals surface area (Å²) in [7, 11) is 2.08. The second kappa shape index (κ2) is 4.73. The Labute approximate surface area is 113 Å². The maximum atomic E-state index is 3.78. The van der Waals surface area contributed by atoms with Gasteiger partial charge in [-0.1, -0.05) is 49.1 Å².